The van der Waals surface area contributed by atoms with Gasteiger partial charge in [0, 0.05) is 5.92 Å². The van der Waals surface area contributed by atoms with E-state index >= 15 is 0 Å². The van der Waals surface area contributed by atoms with Crippen molar-refractivity contribution in [3.05, 3.63) is 12.2 Å². The first kappa shape index (κ1) is 7.17. The van der Waals surface area contributed by atoms with Gasteiger partial charge >= 0.3 is 0 Å². The van der Waals surface area contributed by atoms with E-state index in [0.29, 0.717) is 5.92 Å². The lowest BCUT2D eigenvalue weighted by Crippen LogP contribution is -2.41. The van der Waals surface area contributed by atoms with Crippen LogP contribution in [0.2, 0.25) is 0 Å². The van der Waals surface area contributed by atoms with Crippen LogP contribution in [0.25, 0.3) is 0 Å². The van der Waals surface area contributed by atoms with E-state index in [2.05, 4.69) is 6.08 Å². The molecule has 0 aromatic carbocycles. The molecule has 11 heavy (non-hydrogen) atoms. The number of nitrogens with two attached hydrogens (primary N) is 1. The van der Waals surface area contributed by atoms with Crippen molar-refractivity contribution in [1.29, 1.82) is 0 Å². The highest BCUT2D eigenvalue weighted by Gasteiger charge is 2.51. The summed E-state index contributed by atoms with van der Waals surface area (Å²) < 4.78 is 0. The second kappa shape index (κ2) is 2.01. The average molecular weight is 172 g/mol. The Kier molecular flexibility index (Phi) is 1.31. The second-order valence-electron chi connectivity index (χ2n) is 3.42. The molecule has 1 fully saturated rings. The van der Waals surface area contributed by atoms with Crippen molar-refractivity contribution < 1.29 is 4.79 Å². The van der Waals surface area contributed by atoms with Gasteiger partial charge < -0.3 is 5.73 Å². The van der Waals surface area contributed by atoms with Gasteiger partial charge in [-0.1, -0.05) is 12.2 Å². The molecular formula is C8H10ClNO. The fourth-order valence-electron chi connectivity index (χ4n) is 2.08. The molecule has 0 unspecified atom stereocenters. The molecule has 1 saturated carbocycles. The van der Waals surface area contributed by atoms with Gasteiger partial charge in [0.05, 0.1) is 0 Å². The third-order valence-corrected chi connectivity index (χ3v) is 3.35. The monoisotopic (exact) mass is 171 g/mol. The molecule has 3 atom stereocenters. The van der Waals surface area contributed by atoms with E-state index in [4.69, 9.17) is 17.3 Å². The van der Waals surface area contributed by atoms with Crippen LogP contribution < -0.4 is 5.73 Å². The number of hydrogen-bond acceptors (Lipinski definition) is 1. The van der Waals surface area contributed by atoms with E-state index in [1.165, 1.54) is 0 Å². The van der Waals surface area contributed by atoms with E-state index in [9.17, 15) is 4.79 Å². The molecule has 0 aromatic rings. The quantitative estimate of drug-likeness (QED) is 0.465. The third kappa shape index (κ3) is 0.822. The molecule has 2 aliphatic carbocycles. The third-order valence-electron chi connectivity index (χ3n) is 2.73. The van der Waals surface area contributed by atoms with Gasteiger partial charge in [0.1, 0.15) is 4.87 Å². The minimum atomic E-state index is -0.764. The smallest absolute Gasteiger partial charge is 0.239 e. The number of allylic oxidation sites excluding steroid dienone is 2. The maximum Gasteiger partial charge on any atom is 0.239 e. The standard InChI is InChI=1S/C8H10ClNO/c9-8(7(10)11)4-5-1-2-6(8)3-5/h1-2,5-6H,3-4H2,(H2,10,11)/t5-,6+,8-/m1/s1. The van der Waals surface area contributed by atoms with Crippen LogP contribution in [0.1, 0.15) is 12.8 Å². The van der Waals surface area contributed by atoms with E-state index in [1.54, 1.807) is 0 Å². The minimum absolute atomic E-state index is 0.187. The zero-order chi connectivity index (χ0) is 8.06. The van der Waals surface area contributed by atoms with Crippen LogP contribution in [0.3, 0.4) is 0 Å². The van der Waals surface area contributed by atoms with Crippen LogP contribution >= 0.6 is 11.6 Å². The summed E-state index contributed by atoms with van der Waals surface area (Å²) in [5, 5.41) is 0. The number of carbonyl (C=O) groups excluding carboxylic acids is 1. The molecule has 0 aliphatic heterocycles. The predicted molar refractivity (Wildman–Crippen MR) is 43.1 cm³/mol. The Bertz CT molecular complexity index is 238. The number of carbonyl (C=O) groups is 1. The molecule has 0 heterocycles. The highest BCUT2D eigenvalue weighted by atomic mass is 35.5. The lowest BCUT2D eigenvalue weighted by atomic mass is 9.92. The summed E-state index contributed by atoms with van der Waals surface area (Å²) in [4.78, 5) is 10.2. The van der Waals surface area contributed by atoms with Gasteiger partial charge in [0.25, 0.3) is 0 Å². The number of primary amides is 1. The highest BCUT2D eigenvalue weighted by Crippen LogP contribution is 2.49. The number of alkyl halides is 1. The normalized spacial score (nSPS) is 46.6. The minimum Gasteiger partial charge on any atom is -0.368 e. The summed E-state index contributed by atoms with van der Waals surface area (Å²) in [6.45, 7) is 0. The van der Waals surface area contributed by atoms with Crippen LogP contribution in [-0.4, -0.2) is 10.8 Å². The van der Waals surface area contributed by atoms with Gasteiger partial charge in [-0.25, -0.2) is 0 Å². The first-order valence-corrected chi connectivity index (χ1v) is 4.18. The molecule has 3 heteroatoms. The Hall–Kier alpha value is -0.500. The maximum absolute atomic E-state index is 11.0. The summed E-state index contributed by atoms with van der Waals surface area (Å²) in [5.41, 5.74) is 5.21. The summed E-state index contributed by atoms with van der Waals surface area (Å²) in [5.74, 6) is 0.313. The van der Waals surface area contributed by atoms with E-state index in [1.807, 2.05) is 6.08 Å². The summed E-state index contributed by atoms with van der Waals surface area (Å²) in [7, 11) is 0. The lowest BCUT2D eigenvalue weighted by Gasteiger charge is -2.24. The van der Waals surface area contributed by atoms with E-state index in [0.717, 1.165) is 12.8 Å². The number of hydrogen-bond donors (Lipinski definition) is 1. The summed E-state index contributed by atoms with van der Waals surface area (Å²) in [6, 6.07) is 0. The van der Waals surface area contributed by atoms with Crippen molar-refractivity contribution in [2.24, 2.45) is 17.6 Å². The molecule has 1 amide bonds. The first-order valence-electron chi connectivity index (χ1n) is 3.80. The van der Waals surface area contributed by atoms with Crippen LogP contribution in [0.15, 0.2) is 12.2 Å². The highest BCUT2D eigenvalue weighted by molar-refractivity contribution is 6.35. The first-order chi connectivity index (χ1) is 5.13. The number of amides is 1. The average Bonchev–Trinajstić information content (AvgIpc) is 2.45. The zero-order valence-corrected chi connectivity index (χ0v) is 6.84. The predicted octanol–water partition coefficient (Wildman–Crippen LogP) is 1.05. The number of fused-ring (bicyclic) bond motifs is 2. The fraction of sp³-hybridized carbons (Fsp3) is 0.625. The Labute approximate surface area is 70.4 Å². The lowest BCUT2D eigenvalue weighted by molar-refractivity contribution is -0.121. The molecule has 2 nitrogen and oxygen atoms in total. The molecule has 0 saturated heterocycles. The van der Waals surface area contributed by atoms with Gasteiger partial charge in [-0.2, -0.15) is 0 Å². The molecule has 2 rings (SSSR count). The van der Waals surface area contributed by atoms with Gasteiger partial charge in [0.2, 0.25) is 5.91 Å². The van der Waals surface area contributed by atoms with Crippen molar-refractivity contribution >= 4 is 17.5 Å². The molecule has 0 radical (unpaired) electrons. The van der Waals surface area contributed by atoms with Gasteiger partial charge in [-0.15, -0.1) is 11.6 Å². The number of rotatable bonds is 1. The Morgan fingerprint density at radius 3 is 2.64 bits per heavy atom. The van der Waals surface area contributed by atoms with E-state index < -0.39 is 4.87 Å². The van der Waals surface area contributed by atoms with Crippen LogP contribution in [0, 0.1) is 11.8 Å². The molecule has 0 aromatic heterocycles. The molecule has 60 valence electrons. The van der Waals surface area contributed by atoms with Gasteiger partial charge in [-0.3, -0.25) is 4.79 Å². The zero-order valence-electron chi connectivity index (χ0n) is 6.09. The SMILES string of the molecule is NC(=O)[C@@]1(Cl)C[C@@H]2C=C[C@H]1C2. The Morgan fingerprint density at radius 1 is 1.64 bits per heavy atom. The Morgan fingerprint density at radius 2 is 2.36 bits per heavy atom. The van der Waals surface area contributed by atoms with Gasteiger partial charge in [-0.05, 0) is 18.8 Å². The summed E-state index contributed by atoms with van der Waals surface area (Å²) in [6.07, 6.45) is 5.89. The molecule has 0 spiro atoms. The molecule has 2 aliphatic rings. The second-order valence-corrected chi connectivity index (χ2v) is 4.09. The molecular weight excluding hydrogens is 162 g/mol. The van der Waals surface area contributed by atoms with Crippen molar-refractivity contribution in [3.8, 4) is 0 Å². The van der Waals surface area contributed by atoms with Gasteiger partial charge in [0.15, 0.2) is 0 Å². The van der Waals surface area contributed by atoms with Crippen molar-refractivity contribution in [2.45, 2.75) is 17.7 Å². The maximum atomic E-state index is 11.0. The number of halogens is 1. The van der Waals surface area contributed by atoms with Crippen molar-refractivity contribution in [3.63, 3.8) is 0 Å². The largest absolute Gasteiger partial charge is 0.368 e. The van der Waals surface area contributed by atoms with Crippen molar-refractivity contribution in [2.75, 3.05) is 0 Å². The van der Waals surface area contributed by atoms with Crippen LogP contribution in [-0.2, 0) is 4.79 Å². The van der Waals surface area contributed by atoms with Crippen LogP contribution in [0.4, 0.5) is 0 Å². The molecule has 2 N–H and O–H groups in total. The van der Waals surface area contributed by atoms with Crippen molar-refractivity contribution in [1.82, 2.24) is 0 Å². The fourth-order valence-corrected chi connectivity index (χ4v) is 2.44. The Balaban J connectivity index is 2.30. The van der Waals surface area contributed by atoms with Crippen LogP contribution in [0.5, 0.6) is 0 Å². The summed E-state index contributed by atoms with van der Waals surface area (Å²) >= 11 is 6.08. The topological polar surface area (TPSA) is 43.1 Å². The van der Waals surface area contributed by atoms with E-state index in [-0.39, 0.29) is 11.8 Å². The molecule has 2 bridgehead atoms.